The van der Waals surface area contributed by atoms with E-state index in [9.17, 15) is 14.4 Å². The van der Waals surface area contributed by atoms with Crippen molar-refractivity contribution in [3.8, 4) is 0 Å². The highest BCUT2D eigenvalue weighted by molar-refractivity contribution is 9.10. The lowest BCUT2D eigenvalue weighted by atomic mass is 10.0. The number of amides is 3. The lowest BCUT2D eigenvalue weighted by Crippen LogP contribution is -2.53. The summed E-state index contributed by atoms with van der Waals surface area (Å²) < 4.78 is 6.29. The van der Waals surface area contributed by atoms with Gasteiger partial charge in [0.05, 0.1) is 0 Å². The van der Waals surface area contributed by atoms with Crippen molar-refractivity contribution in [1.82, 2.24) is 10.2 Å². The average Bonchev–Trinajstić information content (AvgIpc) is 3.04. The second-order valence-electron chi connectivity index (χ2n) is 7.63. The Morgan fingerprint density at radius 3 is 2.48 bits per heavy atom. The summed E-state index contributed by atoms with van der Waals surface area (Å²) in [6.07, 6.45) is 0.983. The van der Waals surface area contributed by atoms with Gasteiger partial charge in [0.25, 0.3) is 0 Å². The lowest BCUT2D eigenvalue weighted by Gasteiger charge is -2.28. The Labute approximate surface area is 167 Å². The van der Waals surface area contributed by atoms with Crippen molar-refractivity contribution in [2.24, 2.45) is 5.73 Å². The van der Waals surface area contributed by atoms with Crippen LogP contribution >= 0.6 is 15.9 Å². The van der Waals surface area contributed by atoms with Gasteiger partial charge in [-0.15, -0.1) is 0 Å². The monoisotopic (exact) mass is 439 g/mol. The molecule has 7 nitrogen and oxygen atoms in total. The van der Waals surface area contributed by atoms with E-state index in [1.165, 1.54) is 4.90 Å². The maximum Gasteiger partial charge on any atom is 0.410 e. The van der Waals surface area contributed by atoms with Crippen LogP contribution in [-0.2, 0) is 20.7 Å². The first kappa shape index (κ1) is 21.2. The molecule has 0 radical (unpaired) electrons. The van der Waals surface area contributed by atoms with Crippen LogP contribution in [0.25, 0.3) is 0 Å². The molecule has 3 amide bonds. The molecule has 1 aromatic carbocycles. The Bertz CT molecular complexity index is 700. The van der Waals surface area contributed by atoms with Gasteiger partial charge in [-0.05, 0) is 51.3 Å². The SMILES string of the molecule is CC(C)(C)OC(=O)N1CCCC1C(=O)NC(Cc1ccc(Br)cc1)C(N)=O. The van der Waals surface area contributed by atoms with E-state index in [0.717, 1.165) is 10.0 Å². The molecule has 148 valence electrons. The van der Waals surface area contributed by atoms with E-state index in [4.69, 9.17) is 10.5 Å². The second-order valence-corrected chi connectivity index (χ2v) is 8.54. The van der Waals surface area contributed by atoms with Crippen LogP contribution in [-0.4, -0.2) is 47.0 Å². The number of hydrogen-bond donors (Lipinski definition) is 2. The predicted octanol–water partition coefficient (Wildman–Crippen LogP) is 2.36. The molecule has 8 heteroatoms. The van der Waals surface area contributed by atoms with Crippen molar-refractivity contribution in [3.63, 3.8) is 0 Å². The van der Waals surface area contributed by atoms with Crippen molar-refractivity contribution >= 4 is 33.8 Å². The Kier molecular flexibility index (Phi) is 6.86. The largest absolute Gasteiger partial charge is 0.444 e. The molecule has 3 N–H and O–H groups in total. The summed E-state index contributed by atoms with van der Waals surface area (Å²) in [5.41, 5.74) is 5.70. The summed E-state index contributed by atoms with van der Waals surface area (Å²) in [5.74, 6) is -1.01. The van der Waals surface area contributed by atoms with Crippen LogP contribution in [0.3, 0.4) is 0 Å². The summed E-state index contributed by atoms with van der Waals surface area (Å²) in [6, 6.07) is 5.92. The van der Waals surface area contributed by atoms with Crippen molar-refractivity contribution < 1.29 is 19.1 Å². The number of rotatable bonds is 5. The quantitative estimate of drug-likeness (QED) is 0.734. The van der Waals surface area contributed by atoms with E-state index in [0.29, 0.717) is 19.4 Å². The van der Waals surface area contributed by atoms with Gasteiger partial charge in [0.2, 0.25) is 11.8 Å². The molecule has 2 rings (SSSR count). The van der Waals surface area contributed by atoms with Crippen LogP contribution in [0.15, 0.2) is 28.7 Å². The molecule has 1 aliphatic heterocycles. The molecule has 0 spiro atoms. The molecule has 0 bridgehead atoms. The number of primary amides is 1. The first-order chi connectivity index (χ1) is 12.6. The molecule has 27 heavy (non-hydrogen) atoms. The number of carbonyl (C=O) groups excluding carboxylic acids is 3. The molecule has 2 atom stereocenters. The Hall–Kier alpha value is -2.09. The van der Waals surface area contributed by atoms with E-state index in [1.54, 1.807) is 20.8 Å². The minimum atomic E-state index is -0.847. The summed E-state index contributed by atoms with van der Waals surface area (Å²) in [7, 11) is 0. The zero-order valence-electron chi connectivity index (χ0n) is 15.8. The number of carbonyl (C=O) groups is 3. The predicted molar refractivity (Wildman–Crippen MR) is 105 cm³/mol. The number of nitrogens with zero attached hydrogens (tertiary/aromatic N) is 1. The number of halogens is 1. The number of nitrogens with two attached hydrogens (primary N) is 1. The maximum atomic E-state index is 12.7. The normalized spacial score (nSPS) is 18.1. The molecule has 1 saturated heterocycles. The highest BCUT2D eigenvalue weighted by atomic mass is 79.9. The minimum absolute atomic E-state index is 0.285. The number of likely N-dealkylation sites (tertiary alicyclic amines) is 1. The van der Waals surface area contributed by atoms with E-state index >= 15 is 0 Å². The summed E-state index contributed by atoms with van der Waals surface area (Å²) >= 11 is 3.36. The Balaban J connectivity index is 2.04. The molecule has 2 unspecified atom stereocenters. The van der Waals surface area contributed by atoms with E-state index in [1.807, 2.05) is 24.3 Å². The first-order valence-electron chi connectivity index (χ1n) is 8.90. The molecule has 0 aliphatic carbocycles. The van der Waals surface area contributed by atoms with Crippen molar-refractivity contribution in [1.29, 1.82) is 0 Å². The molecule has 0 saturated carbocycles. The van der Waals surface area contributed by atoms with E-state index in [2.05, 4.69) is 21.2 Å². The standard InChI is InChI=1S/C19H26BrN3O4/c1-19(2,3)27-18(26)23-10-4-5-15(23)17(25)22-14(16(21)24)11-12-6-8-13(20)9-7-12/h6-9,14-15H,4-5,10-11H2,1-3H3,(H2,21,24)(H,22,25). The molecular formula is C19H26BrN3O4. The maximum absolute atomic E-state index is 12.7. The zero-order chi connectivity index (χ0) is 20.2. The third kappa shape index (κ3) is 6.23. The number of hydrogen-bond acceptors (Lipinski definition) is 4. The van der Waals surface area contributed by atoms with Crippen molar-refractivity contribution in [2.75, 3.05) is 6.54 Å². The topological polar surface area (TPSA) is 102 Å². The highest BCUT2D eigenvalue weighted by Gasteiger charge is 2.37. The highest BCUT2D eigenvalue weighted by Crippen LogP contribution is 2.21. The molecule has 1 fully saturated rings. The fourth-order valence-electron chi connectivity index (χ4n) is 2.93. The van der Waals surface area contributed by atoms with Crippen LogP contribution in [0, 0.1) is 0 Å². The van der Waals surface area contributed by atoms with Crippen LogP contribution < -0.4 is 11.1 Å². The Morgan fingerprint density at radius 2 is 1.93 bits per heavy atom. The van der Waals surface area contributed by atoms with E-state index < -0.39 is 29.7 Å². The molecule has 1 aliphatic rings. The minimum Gasteiger partial charge on any atom is -0.444 e. The van der Waals surface area contributed by atoms with Crippen LogP contribution in [0.5, 0.6) is 0 Å². The molecular weight excluding hydrogens is 414 g/mol. The van der Waals surface area contributed by atoms with Gasteiger partial charge < -0.3 is 15.8 Å². The third-order valence-electron chi connectivity index (χ3n) is 4.20. The van der Waals surface area contributed by atoms with Gasteiger partial charge in [-0.3, -0.25) is 14.5 Å². The van der Waals surface area contributed by atoms with Crippen LogP contribution in [0.2, 0.25) is 0 Å². The van der Waals surface area contributed by atoms with Crippen molar-refractivity contribution in [2.45, 2.75) is 57.7 Å². The summed E-state index contributed by atoms with van der Waals surface area (Å²) in [6.45, 7) is 5.77. The van der Waals surface area contributed by atoms with Gasteiger partial charge in [0.1, 0.15) is 17.7 Å². The number of benzene rings is 1. The average molecular weight is 440 g/mol. The third-order valence-corrected chi connectivity index (χ3v) is 4.73. The fraction of sp³-hybridized carbons (Fsp3) is 0.526. The van der Waals surface area contributed by atoms with Crippen molar-refractivity contribution in [3.05, 3.63) is 34.3 Å². The molecule has 0 aromatic heterocycles. The summed E-state index contributed by atoms with van der Waals surface area (Å²) in [4.78, 5) is 38.3. The van der Waals surface area contributed by atoms with E-state index in [-0.39, 0.29) is 12.3 Å². The number of nitrogens with one attached hydrogen (secondary N) is 1. The van der Waals surface area contributed by atoms with Gasteiger partial charge in [-0.1, -0.05) is 28.1 Å². The van der Waals surface area contributed by atoms with Gasteiger partial charge in [0, 0.05) is 17.4 Å². The number of ether oxygens (including phenoxy) is 1. The first-order valence-corrected chi connectivity index (χ1v) is 9.70. The lowest BCUT2D eigenvalue weighted by molar-refractivity contribution is -0.130. The van der Waals surface area contributed by atoms with Crippen LogP contribution in [0.4, 0.5) is 4.79 Å². The second kappa shape index (κ2) is 8.73. The van der Waals surface area contributed by atoms with Gasteiger partial charge in [0.15, 0.2) is 0 Å². The molecule has 1 aromatic rings. The van der Waals surface area contributed by atoms with Crippen LogP contribution in [0.1, 0.15) is 39.2 Å². The van der Waals surface area contributed by atoms with Gasteiger partial charge in [-0.2, -0.15) is 0 Å². The smallest absolute Gasteiger partial charge is 0.410 e. The Morgan fingerprint density at radius 1 is 1.30 bits per heavy atom. The molecule has 1 heterocycles. The summed E-state index contributed by atoms with van der Waals surface area (Å²) in [5, 5.41) is 2.69. The van der Waals surface area contributed by atoms with Gasteiger partial charge in [-0.25, -0.2) is 4.79 Å². The zero-order valence-corrected chi connectivity index (χ0v) is 17.4. The fourth-order valence-corrected chi connectivity index (χ4v) is 3.19. The van der Waals surface area contributed by atoms with Gasteiger partial charge >= 0.3 is 6.09 Å².